The lowest BCUT2D eigenvalue weighted by Crippen LogP contribution is -2.00. The third-order valence-electron chi connectivity index (χ3n) is 3.79. The Bertz CT molecular complexity index is 1070. The monoisotopic (exact) mass is 452 g/mol. The summed E-state index contributed by atoms with van der Waals surface area (Å²) in [6.45, 7) is 0. The van der Waals surface area contributed by atoms with Crippen LogP contribution in [0.1, 0.15) is 0 Å². The van der Waals surface area contributed by atoms with E-state index >= 15 is 0 Å². The van der Waals surface area contributed by atoms with Gasteiger partial charge in [0.25, 0.3) is 0 Å². The number of halogens is 2. The van der Waals surface area contributed by atoms with E-state index in [-0.39, 0.29) is 9.79 Å². The van der Waals surface area contributed by atoms with Crippen molar-refractivity contribution in [2.45, 2.75) is 9.79 Å². The quantitative estimate of drug-likeness (QED) is 0.448. The minimum Gasteiger partial charge on any atom is -0.360 e. The predicted molar refractivity (Wildman–Crippen MR) is 97.4 cm³/mol. The third-order valence-corrected chi connectivity index (χ3v) is 6.61. The maximum atomic E-state index is 13.1. The first-order chi connectivity index (χ1) is 11.0. The van der Waals surface area contributed by atoms with Crippen LogP contribution in [-0.2, 0) is 9.84 Å². The van der Waals surface area contributed by atoms with Crippen LogP contribution in [0, 0.1) is 0 Å². The summed E-state index contributed by atoms with van der Waals surface area (Å²) < 4.78 is 27.9. The molecule has 0 bridgehead atoms. The zero-order valence-corrected chi connectivity index (χ0v) is 15.6. The van der Waals surface area contributed by atoms with Crippen molar-refractivity contribution in [3.63, 3.8) is 0 Å². The molecule has 0 aliphatic carbocycles. The summed E-state index contributed by atoms with van der Waals surface area (Å²) in [7, 11) is -3.64. The molecule has 0 saturated carbocycles. The van der Waals surface area contributed by atoms with Crippen LogP contribution in [0.25, 0.3) is 21.8 Å². The van der Waals surface area contributed by atoms with Gasteiger partial charge in [0.05, 0.1) is 9.79 Å². The fourth-order valence-corrected chi connectivity index (χ4v) is 5.00. The first kappa shape index (κ1) is 15.0. The molecule has 2 aromatic carbocycles. The second kappa shape index (κ2) is 5.22. The van der Waals surface area contributed by atoms with Crippen molar-refractivity contribution in [3.8, 4) is 0 Å². The predicted octanol–water partition coefficient (Wildman–Crippen LogP) is 5.01. The molecule has 0 aliphatic heterocycles. The van der Waals surface area contributed by atoms with Crippen molar-refractivity contribution in [2.24, 2.45) is 0 Å². The Morgan fingerprint density at radius 1 is 0.739 bits per heavy atom. The molecule has 2 aromatic heterocycles. The van der Waals surface area contributed by atoms with Gasteiger partial charge >= 0.3 is 0 Å². The molecule has 2 N–H and O–H groups in total. The van der Waals surface area contributed by atoms with Gasteiger partial charge in [-0.3, -0.25) is 0 Å². The average Bonchev–Trinajstić information content (AvgIpc) is 3.10. The number of fused-ring (bicyclic) bond motifs is 2. The maximum absolute atomic E-state index is 13.1. The lowest BCUT2D eigenvalue weighted by Gasteiger charge is -2.03. The Labute approximate surface area is 149 Å². The molecule has 7 heteroatoms. The molecular weight excluding hydrogens is 444 g/mol. The zero-order valence-electron chi connectivity index (χ0n) is 11.6. The molecule has 0 spiro atoms. The lowest BCUT2D eigenvalue weighted by atomic mass is 10.2. The Balaban J connectivity index is 2.02. The van der Waals surface area contributed by atoms with E-state index in [2.05, 4.69) is 41.8 Å². The molecule has 4 rings (SSSR count). The van der Waals surface area contributed by atoms with Crippen LogP contribution >= 0.6 is 31.9 Å². The van der Waals surface area contributed by atoms with Crippen molar-refractivity contribution in [1.82, 2.24) is 9.97 Å². The van der Waals surface area contributed by atoms with Crippen molar-refractivity contribution in [2.75, 3.05) is 0 Å². The Kier molecular flexibility index (Phi) is 3.40. The summed E-state index contributed by atoms with van der Waals surface area (Å²) >= 11 is 6.79. The largest absolute Gasteiger partial charge is 0.360 e. The molecule has 0 radical (unpaired) electrons. The maximum Gasteiger partial charge on any atom is 0.210 e. The normalized spacial score (nSPS) is 12.3. The van der Waals surface area contributed by atoms with E-state index in [0.29, 0.717) is 10.8 Å². The van der Waals surface area contributed by atoms with Crippen LogP contribution in [0.15, 0.2) is 67.5 Å². The van der Waals surface area contributed by atoms with E-state index < -0.39 is 9.84 Å². The zero-order chi connectivity index (χ0) is 16.2. The number of aromatic nitrogens is 2. The lowest BCUT2D eigenvalue weighted by molar-refractivity contribution is 0.598. The molecule has 23 heavy (non-hydrogen) atoms. The molecular formula is C16H10Br2N2O2S. The van der Waals surface area contributed by atoms with Gasteiger partial charge < -0.3 is 9.97 Å². The van der Waals surface area contributed by atoms with Gasteiger partial charge in [-0.2, -0.15) is 0 Å². The van der Waals surface area contributed by atoms with Crippen LogP contribution in [0.5, 0.6) is 0 Å². The second-order valence-corrected chi connectivity index (χ2v) is 8.91. The van der Waals surface area contributed by atoms with Crippen LogP contribution in [0.4, 0.5) is 0 Å². The Hall–Kier alpha value is -1.57. The van der Waals surface area contributed by atoms with Crippen LogP contribution in [0.3, 0.4) is 0 Å². The SMILES string of the molecule is O=S(=O)(c1c[nH]c2ccc(Br)cc12)c1c[nH]c2ccc(Br)cc12. The smallest absolute Gasteiger partial charge is 0.210 e. The molecule has 4 nitrogen and oxygen atoms in total. The van der Waals surface area contributed by atoms with E-state index in [1.54, 1.807) is 12.4 Å². The van der Waals surface area contributed by atoms with Gasteiger partial charge in [-0.15, -0.1) is 0 Å². The number of aromatic amines is 2. The van der Waals surface area contributed by atoms with Gasteiger partial charge in [0.15, 0.2) is 0 Å². The average molecular weight is 454 g/mol. The number of hydrogen-bond donors (Lipinski definition) is 2. The first-order valence-corrected chi connectivity index (χ1v) is 9.82. The van der Waals surface area contributed by atoms with Gasteiger partial charge in [0, 0.05) is 43.1 Å². The van der Waals surface area contributed by atoms with E-state index in [0.717, 1.165) is 20.0 Å². The van der Waals surface area contributed by atoms with Gasteiger partial charge in [0.1, 0.15) is 0 Å². The molecule has 0 fully saturated rings. The highest BCUT2D eigenvalue weighted by Gasteiger charge is 2.25. The minimum absolute atomic E-state index is 0.273. The van der Waals surface area contributed by atoms with Crippen molar-refractivity contribution < 1.29 is 8.42 Å². The number of benzene rings is 2. The molecule has 0 aliphatic rings. The highest BCUT2D eigenvalue weighted by molar-refractivity contribution is 9.10. The Morgan fingerprint density at radius 3 is 1.61 bits per heavy atom. The summed E-state index contributed by atoms with van der Waals surface area (Å²) in [6, 6.07) is 11.1. The van der Waals surface area contributed by atoms with Crippen LogP contribution < -0.4 is 0 Å². The van der Waals surface area contributed by atoms with E-state index in [1.165, 1.54) is 0 Å². The summed E-state index contributed by atoms with van der Waals surface area (Å²) in [4.78, 5) is 6.59. The second-order valence-electron chi connectivity index (χ2n) is 5.19. The summed E-state index contributed by atoms with van der Waals surface area (Å²) in [6.07, 6.45) is 3.09. The number of nitrogens with one attached hydrogen (secondary N) is 2. The fraction of sp³-hybridized carbons (Fsp3) is 0. The van der Waals surface area contributed by atoms with Crippen LogP contribution in [0.2, 0.25) is 0 Å². The summed E-state index contributed by atoms with van der Waals surface area (Å²) in [5, 5.41) is 1.34. The fourth-order valence-electron chi connectivity index (χ4n) is 2.70. The number of hydrogen-bond acceptors (Lipinski definition) is 2. The van der Waals surface area contributed by atoms with Gasteiger partial charge in [-0.1, -0.05) is 31.9 Å². The topological polar surface area (TPSA) is 65.7 Å². The molecule has 0 saturated heterocycles. The van der Waals surface area contributed by atoms with Gasteiger partial charge in [0.2, 0.25) is 9.84 Å². The molecule has 0 unspecified atom stereocenters. The highest BCUT2D eigenvalue weighted by Crippen LogP contribution is 2.34. The summed E-state index contributed by atoms with van der Waals surface area (Å²) in [5.41, 5.74) is 1.57. The van der Waals surface area contributed by atoms with Gasteiger partial charge in [-0.05, 0) is 36.4 Å². The van der Waals surface area contributed by atoms with E-state index in [1.807, 2.05) is 36.4 Å². The van der Waals surface area contributed by atoms with Gasteiger partial charge in [-0.25, -0.2) is 8.42 Å². The molecule has 0 amide bonds. The number of sulfone groups is 1. The summed E-state index contributed by atoms with van der Waals surface area (Å²) in [5.74, 6) is 0. The molecule has 4 aromatic rings. The van der Waals surface area contributed by atoms with Crippen molar-refractivity contribution >= 4 is 63.5 Å². The van der Waals surface area contributed by atoms with E-state index in [9.17, 15) is 8.42 Å². The molecule has 2 heterocycles. The Morgan fingerprint density at radius 2 is 1.17 bits per heavy atom. The standard InChI is InChI=1S/C16H10Br2N2O2S/c17-9-1-3-13-11(5-9)15(7-19-13)23(21,22)16-8-20-14-4-2-10(18)6-12(14)16/h1-8,19-20H. The third kappa shape index (κ3) is 2.34. The molecule has 116 valence electrons. The molecule has 0 atom stereocenters. The van der Waals surface area contributed by atoms with Crippen LogP contribution in [-0.4, -0.2) is 18.4 Å². The van der Waals surface area contributed by atoms with Crippen molar-refractivity contribution in [1.29, 1.82) is 0 Å². The highest BCUT2D eigenvalue weighted by atomic mass is 79.9. The number of rotatable bonds is 2. The first-order valence-electron chi connectivity index (χ1n) is 6.75. The van der Waals surface area contributed by atoms with E-state index in [4.69, 9.17) is 0 Å². The minimum atomic E-state index is -3.64. The van der Waals surface area contributed by atoms with Crippen molar-refractivity contribution in [3.05, 3.63) is 57.7 Å². The number of H-pyrrole nitrogens is 2.